The Morgan fingerprint density at radius 2 is 1.70 bits per heavy atom. The zero-order valence-corrected chi connectivity index (χ0v) is 23.8. The van der Waals surface area contributed by atoms with Crippen molar-refractivity contribution in [2.75, 3.05) is 50.5 Å². The van der Waals surface area contributed by atoms with Gasteiger partial charge in [-0.05, 0) is 49.7 Å². The minimum Gasteiger partial charge on any atom is -0.497 e. The Labute approximate surface area is 239 Å². The predicted octanol–water partition coefficient (Wildman–Crippen LogP) is 5.56. The molecule has 9 heteroatoms. The first-order valence-corrected chi connectivity index (χ1v) is 14.7. The fourth-order valence-corrected chi connectivity index (χ4v) is 5.75. The fraction of sp³-hybridized carbons (Fsp3) is 0.323. The molecule has 0 spiro atoms. The summed E-state index contributed by atoms with van der Waals surface area (Å²) in [7, 11) is 1.66. The van der Waals surface area contributed by atoms with Crippen LogP contribution in [-0.4, -0.2) is 71.2 Å². The van der Waals surface area contributed by atoms with Crippen LogP contribution in [0.1, 0.15) is 19.8 Å². The number of aromatic nitrogens is 3. The first kappa shape index (κ1) is 27.6. The van der Waals surface area contributed by atoms with Gasteiger partial charge in [0.1, 0.15) is 11.5 Å². The molecule has 0 N–H and O–H groups in total. The van der Waals surface area contributed by atoms with E-state index in [1.807, 2.05) is 84.6 Å². The molecule has 5 rings (SSSR count). The van der Waals surface area contributed by atoms with E-state index < -0.39 is 0 Å². The average molecular weight is 558 g/mol. The van der Waals surface area contributed by atoms with Crippen molar-refractivity contribution in [2.24, 2.45) is 0 Å². The van der Waals surface area contributed by atoms with Crippen LogP contribution in [-0.2, 0) is 4.79 Å². The van der Waals surface area contributed by atoms with Crippen LogP contribution in [0.2, 0.25) is 0 Å². The number of piperazine rings is 1. The van der Waals surface area contributed by atoms with Crippen molar-refractivity contribution in [3.8, 4) is 28.6 Å². The van der Waals surface area contributed by atoms with Crippen LogP contribution in [0.5, 0.6) is 11.5 Å². The molecule has 1 aromatic heterocycles. The van der Waals surface area contributed by atoms with Gasteiger partial charge in [-0.2, -0.15) is 0 Å². The highest BCUT2D eigenvalue weighted by atomic mass is 32.2. The molecule has 0 unspecified atom stereocenters. The molecule has 1 fully saturated rings. The second-order valence-electron chi connectivity index (χ2n) is 9.43. The van der Waals surface area contributed by atoms with E-state index >= 15 is 0 Å². The van der Waals surface area contributed by atoms with Gasteiger partial charge in [0.2, 0.25) is 5.91 Å². The van der Waals surface area contributed by atoms with Crippen LogP contribution in [0, 0.1) is 0 Å². The SMILES string of the molecule is CCOc1ccccc1N1CCN(C(=O)CCCSc2nnc(-c3cccc(OC)c3)n2-c2ccccc2)CC1. The first-order chi connectivity index (χ1) is 19.7. The molecule has 2 heterocycles. The van der Waals surface area contributed by atoms with Gasteiger partial charge in [-0.15, -0.1) is 10.2 Å². The quantitative estimate of drug-likeness (QED) is 0.177. The molecule has 0 aliphatic carbocycles. The van der Waals surface area contributed by atoms with Gasteiger partial charge in [0.05, 0.1) is 19.4 Å². The molecule has 1 aliphatic rings. The Morgan fingerprint density at radius 3 is 2.48 bits per heavy atom. The van der Waals surface area contributed by atoms with E-state index in [4.69, 9.17) is 9.47 Å². The number of anilines is 1. The van der Waals surface area contributed by atoms with Crippen molar-refractivity contribution in [2.45, 2.75) is 24.9 Å². The molecular formula is C31H35N5O3S. The van der Waals surface area contributed by atoms with E-state index in [1.165, 1.54) is 0 Å². The van der Waals surface area contributed by atoms with Gasteiger partial charge in [-0.25, -0.2) is 0 Å². The number of methoxy groups -OCH3 is 1. The molecule has 3 aromatic carbocycles. The Morgan fingerprint density at radius 1 is 0.925 bits per heavy atom. The van der Waals surface area contributed by atoms with Crippen molar-refractivity contribution in [3.05, 3.63) is 78.9 Å². The maximum atomic E-state index is 13.0. The fourth-order valence-electron chi connectivity index (χ4n) is 4.86. The van der Waals surface area contributed by atoms with Crippen molar-refractivity contribution in [1.29, 1.82) is 0 Å². The third kappa shape index (κ3) is 6.42. The number of hydrogen-bond donors (Lipinski definition) is 0. The molecule has 1 saturated heterocycles. The summed E-state index contributed by atoms with van der Waals surface area (Å²) in [5.41, 5.74) is 3.03. The van der Waals surface area contributed by atoms with Crippen LogP contribution in [0.4, 0.5) is 5.69 Å². The number of carbonyl (C=O) groups is 1. The lowest BCUT2D eigenvalue weighted by atomic mass is 10.2. The minimum absolute atomic E-state index is 0.208. The number of amides is 1. The van der Waals surface area contributed by atoms with E-state index in [0.29, 0.717) is 13.0 Å². The van der Waals surface area contributed by atoms with Gasteiger partial charge in [0.25, 0.3) is 0 Å². The van der Waals surface area contributed by atoms with Crippen LogP contribution >= 0.6 is 11.8 Å². The molecule has 208 valence electrons. The van der Waals surface area contributed by atoms with Gasteiger partial charge in [-0.1, -0.05) is 54.2 Å². The summed E-state index contributed by atoms with van der Waals surface area (Å²) in [5.74, 6) is 3.41. The molecule has 8 nitrogen and oxygen atoms in total. The Kier molecular flexibility index (Phi) is 9.23. The lowest BCUT2D eigenvalue weighted by molar-refractivity contribution is -0.131. The standard InChI is InChI=1S/C31H35N5O3S/c1-3-39-28-16-8-7-15-27(28)34-18-20-35(21-19-34)29(37)17-10-22-40-31-33-32-30(24-11-9-14-26(23-24)38-2)36(31)25-12-5-4-6-13-25/h4-9,11-16,23H,3,10,17-22H2,1-2H3. The van der Waals surface area contributed by atoms with E-state index in [0.717, 1.165) is 77.8 Å². The topological polar surface area (TPSA) is 72.7 Å². The third-order valence-electron chi connectivity index (χ3n) is 6.88. The predicted molar refractivity (Wildman–Crippen MR) is 160 cm³/mol. The van der Waals surface area contributed by atoms with Gasteiger partial charge >= 0.3 is 0 Å². The average Bonchev–Trinajstić information content (AvgIpc) is 3.44. The van der Waals surface area contributed by atoms with Crippen LogP contribution < -0.4 is 14.4 Å². The van der Waals surface area contributed by atoms with Gasteiger partial charge in [0, 0.05) is 49.6 Å². The monoisotopic (exact) mass is 557 g/mol. The second-order valence-corrected chi connectivity index (χ2v) is 10.5. The maximum Gasteiger partial charge on any atom is 0.222 e. The zero-order valence-electron chi connectivity index (χ0n) is 23.0. The van der Waals surface area contributed by atoms with Crippen LogP contribution in [0.15, 0.2) is 84.0 Å². The van der Waals surface area contributed by atoms with Crippen LogP contribution in [0.25, 0.3) is 17.1 Å². The smallest absolute Gasteiger partial charge is 0.222 e. The lowest BCUT2D eigenvalue weighted by Gasteiger charge is -2.36. The molecule has 0 bridgehead atoms. The highest BCUT2D eigenvalue weighted by molar-refractivity contribution is 7.99. The molecule has 0 radical (unpaired) electrons. The molecule has 1 aliphatic heterocycles. The Balaban J connectivity index is 1.17. The Hall–Kier alpha value is -3.98. The zero-order chi connectivity index (χ0) is 27.7. The molecule has 4 aromatic rings. The van der Waals surface area contributed by atoms with E-state index in [1.54, 1.807) is 18.9 Å². The van der Waals surface area contributed by atoms with Crippen molar-refractivity contribution in [3.63, 3.8) is 0 Å². The summed E-state index contributed by atoms with van der Waals surface area (Å²) in [6, 6.07) is 26.1. The normalized spacial score (nSPS) is 13.3. The highest BCUT2D eigenvalue weighted by Gasteiger charge is 2.23. The lowest BCUT2D eigenvalue weighted by Crippen LogP contribution is -2.48. The minimum atomic E-state index is 0.208. The molecular weight excluding hydrogens is 522 g/mol. The molecule has 1 amide bonds. The van der Waals surface area contributed by atoms with E-state index in [-0.39, 0.29) is 5.91 Å². The number of carbonyl (C=O) groups excluding carboxylic acids is 1. The van der Waals surface area contributed by atoms with E-state index in [2.05, 4.69) is 25.7 Å². The number of rotatable bonds is 11. The number of hydrogen-bond acceptors (Lipinski definition) is 7. The summed E-state index contributed by atoms with van der Waals surface area (Å²) in [5, 5.41) is 9.84. The van der Waals surface area contributed by atoms with Gasteiger partial charge in [-0.3, -0.25) is 9.36 Å². The number of benzene rings is 3. The first-order valence-electron chi connectivity index (χ1n) is 13.7. The number of ether oxygens (including phenoxy) is 2. The van der Waals surface area contributed by atoms with Crippen molar-refractivity contribution >= 4 is 23.4 Å². The summed E-state index contributed by atoms with van der Waals surface area (Å²) in [6.07, 6.45) is 1.29. The second kappa shape index (κ2) is 13.4. The van der Waals surface area contributed by atoms with Crippen molar-refractivity contribution < 1.29 is 14.3 Å². The Bertz CT molecular complexity index is 1400. The number of nitrogens with zero attached hydrogens (tertiary/aromatic N) is 5. The third-order valence-corrected chi connectivity index (χ3v) is 7.90. The largest absolute Gasteiger partial charge is 0.497 e. The summed E-state index contributed by atoms with van der Waals surface area (Å²) in [6.45, 7) is 5.68. The van der Waals surface area contributed by atoms with Crippen molar-refractivity contribution in [1.82, 2.24) is 19.7 Å². The highest BCUT2D eigenvalue weighted by Crippen LogP contribution is 2.31. The molecule has 0 saturated carbocycles. The molecule has 40 heavy (non-hydrogen) atoms. The molecule has 0 atom stereocenters. The number of thioether (sulfide) groups is 1. The van der Waals surface area contributed by atoms with Gasteiger partial charge in [0.15, 0.2) is 11.0 Å². The van der Waals surface area contributed by atoms with Crippen LogP contribution in [0.3, 0.4) is 0 Å². The van der Waals surface area contributed by atoms with E-state index in [9.17, 15) is 4.79 Å². The van der Waals surface area contributed by atoms with Gasteiger partial charge < -0.3 is 19.3 Å². The number of para-hydroxylation sites is 3. The maximum absolute atomic E-state index is 13.0. The summed E-state index contributed by atoms with van der Waals surface area (Å²) in [4.78, 5) is 17.3. The summed E-state index contributed by atoms with van der Waals surface area (Å²) >= 11 is 1.63. The summed E-state index contributed by atoms with van der Waals surface area (Å²) < 4.78 is 13.3.